The van der Waals surface area contributed by atoms with Gasteiger partial charge in [0.2, 0.25) is 0 Å². The number of hydrogen-bond donors (Lipinski definition) is 0. The van der Waals surface area contributed by atoms with Gasteiger partial charge in [0, 0.05) is 0 Å². The van der Waals surface area contributed by atoms with Gasteiger partial charge in [-0.15, -0.1) is 0 Å². The van der Waals surface area contributed by atoms with E-state index in [1.165, 1.54) is 32.3 Å². The SMILES string of the molecule is CC(C)[Si](c1cccc2cc3cc4ccccc4cc3cc12)(C(C)C)C(C)C. The number of fused-ring (bicyclic) bond motifs is 3. The van der Waals surface area contributed by atoms with Crippen molar-refractivity contribution in [2.75, 3.05) is 0 Å². The van der Waals surface area contributed by atoms with E-state index in [1.54, 1.807) is 5.19 Å². The highest BCUT2D eigenvalue weighted by Gasteiger charge is 2.45. The summed E-state index contributed by atoms with van der Waals surface area (Å²) in [6.07, 6.45) is 0. The number of hydrogen-bond acceptors (Lipinski definition) is 0. The minimum absolute atomic E-state index is 0.713. The fourth-order valence-corrected chi connectivity index (χ4v) is 13.0. The Kier molecular flexibility index (Phi) is 4.83. The van der Waals surface area contributed by atoms with Gasteiger partial charge in [-0.1, -0.05) is 89.2 Å². The second-order valence-corrected chi connectivity index (χ2v) is 15.2. The molecule has 4 aromatic rings. The Labute approximate surface area is 170 Å². The van der Waals surface area contributed by atoms with Gasteiger partial charge in [0.15, 0.2) is 0 Å². The minimum atomic E-state index is -1.71. The predicted molar refractivity (Wildman–Crippen MR) is 130 cm³/mol. The maximum atomic E-state index is 2.47. The van der Waals surface area contributed by atoms with Crippen molar-refractivity contribution in [1.82, 2.24) is 0 Å². The van der Waals surface area contributed by atoms with Gasteiger partial charge in [0.1, 0.15) is 0 Å². The van der Waals surface area contributed by atoms with Crippen LogP contribution in [0, 0.1) is 0 Å². The monoisotopic (exact) mass is 384 g/mol. The third-order valence-corrected chi connectivity index (χ3v) is 14.1. The van der Waals surface area contributed by atoms with E-state index in [0.29, 0.717) is 16.6 Å². The maximum Gasteiger partial charge on any atom is 0.0950 e. The van der Waals surface area contributed by atoms with Crippen molar-refractivity contribution < 1.29 is 0 Å². The van der Waals surface area contributed by atoms with Gasteiger partial charge < -0.3 is 0 Å². The van der Waals surface area contributed by atoms with E-state index < -0.39 is 8.07 Å². The van der Waals surface area contributed by atoms with E-state index in [-0.39, 0.29) is 0 Å². The highest BCUT2D eigenvalue weighted by atomic mass is 28.3. The van der Waals surface area contributed by atoms with Crippen molar-refractivity contribution in [3.8, 4) is 0 Å². The second kappa shape index (κ2) is 7.04. The van der Waals surface area contributed by atoms with Crippen molar-refractivity contribution in [2.24, 2.45) is 0 Å². The van der Waals surface area contributed by atoms with Gasteiger partial charge in [-0.05, 0) is 73.2 Å². The van der Waals surface area contributed by atoms with E-state index >= 15 is 0 Å². The van der Waals surface area contributed by atoms with Gasteiger partial charge in [0.05, 0.1) is 8.07 Å². The first-order valence-electron chi connectivity index (χ1n) is 10.7. The Morgan fingerprint density at radius 2 is 0.964 bits per heavy atom. The van der Waals surface area contributed by atoms with Gasteiger partial charge >= 0.3 is 0 Å². The molecule has 0 aliphatic heterocycles. The zero-order valence-corrected chi connectivity index (χ0v) is 19.1. The summed E-state index contributed by atoms with van der Waals surface area (Å²) in [5.74, 6) is 0. The summed E-state index contributed by atoms with van der Waals surface area (Å²) in [4.78, 5) is 0. The van der Waals surface area contributed by atoms with Crippen LogP contribution in [-0.4, -0.2) is 8.07 Å². The molecule has 0 aromatic heterocycles. The molecule has 0 aliphatic rings. The summed E-state index contributed by atoms with van der Waals surface area (Å²) in [5.41, 5.74) is 2.14. The Balaban J connectivity index is 2.09. The molecule has 1 heteroatoms. The first-order chi connectivity index (χ1) is 13.4. The van der Waals surface area contributed by atoms with Crippen molar-refractivity contribution in [3.05, 3.63) is 66.7 Å². The molecular formula is C27H32Si. The van der Waals surface area contributed by atoms with Gasteiger partial charge in [0.25, 0.3) is 0 Å². The minimum Gasteiger partial charge on any atom is -0.0648 e. The zero-order chi connectivity index (χ0) is 20.1. The standard InChI is InChI=1S/C27H32Si/c1-18(2)28(19(3)4,20(5)6)27-13-9-12-23-16-24-14-21-10-7-8-11-22(21)15-25(24)17-26(23)27/h7-20H,1-6H3. The molecule has 28 heavy (non-hydrogen) atoms. The third-order valence-electron chi connectivity index (χ3n) is 7.03. The largest absolute Gasteiger partial charge is 0.0950 e. The fourth-order valence-electron chi connectivity index (χ4n) is 6.03. The maximum absolute atomic E-state index is 2.47. The number of rotatable bonds is 4. The van der Waals surface area contributed by atoms with Crippen LogP contribution in [0.2, 0.25) is 16.6 Å². The average molecular weight is 385 g/mol. The summed E-state index contributed by atoms with van der Waals surface area (Å²) in [6.45, 7) is 14.7. The molecule has 0 N–H and O–H groups in total. The molecule has 0 saturated carbocycles. The predicted octanol–water partition coefficient (Wildman–Crippen LogP) is 8.03. The molecule has 0 saturated heterocycles. The van der Waals surface area contributed by atoms with Crippen LogP contribution in [0.4, 0.5) is 0 Å². The lowest BCUT2D eigenvalue weighted by Crippen LogP contribution is -2.55. The molecule has 0 spiro atoms. The van der Waals surface area contributed by atoms with E-state index in [9.17, 15) is 0 Å². The first-order valence-corrected chi connectivity index (χ1v) is 12.9. The average Bonchev–Trinajstić information content (AvgIpc) is 2.64. The van der Waals surface area contributed by atoms with Gasteiger partial charge in [-0.25, -0.2) is 0 Å². The van der Waals surface area contributed by atoms with E-state index in [2.05, 4.69) is 108 Å². The molecule has 0 atom stereocenters. The smallest absolute Gasteiger partial charge is 0.0648 e. The molecule has 0 radical (unpaired) electrons. The normalized spacial score (nSPS) is 12.9. The molecule has 0 nitrogen and oxygen atoms in total. The van der Waals surface area contributed by atoms with Gasteiger partial charge in [-0.3, -0.25) is 0 Å². The van der Waals surface area contributed by atoms with Crippen molar-refractivity contribution in [1.29, 1.82) is 0 Å². The Bertz CT molecular complexity index is 1130. The lowest BCUT2D eigenvalue weighted by atomic mass is 10.00. The summed E-state index contributed by atoms with van der Waals surface area (Å²) in [5, 5.41) is 9.87. The Morgan fingerprint density at radius 1 is 0.500 bits per heavy atom. The van der Waals surface area contributed by atoms with E-state index in [4.69, 9.17) is 0 Å². The molecule has 4 aromatic carbocycles. The van der Waals surface area contributed by atoms with Crippen molar-refractivity contribution in [2.45, 2.75) is 58.2 Å². The first kappa shape index (κ1) is 19.2. The molecule has 0 aliphatic carbocycles. The quantitative estimate of drug-likeness (QED) is 0.247. The molecule has 0 heterocycles. The third kappa shape index (κ3) is 2.79. The van der Waals surface area contributed by atoms with Crippen LogP contribution in [0.15, 0.2) is 66.7 Å². The van der Waals surface area contributed by atoms with Crippen molar-refractivity contribution >= 4 is 45.6 Å². The molecule has 4 rings (SSSR count). The summed E-state index contributed by atoms with van der Waals surface area (Å²) >= 11 is 0. The lowest BCUT2D eigenvalue weighted by Gasteiger charge is -2.44. The molecule has 0 unspecified atom stereocenters. The lowest BCUT2D eigenvalue weighted by molar-refractivity contribution is 0.836. The van der Waals surface area contributed by atoms with Crippen LogP contribution in [0.5, 0.6) is 0 Å². The highest BCUT2D eigenvalue weighted by Crippen LogP contribution is 2.42. The molecule has 144 valence electrons. The van der Waals surface area contributed by atoms with Crippen LogP contribution in [-0.2, 0) is 0 Å². The van der Waals surface area contributed by atoms with Crippen LogP contribution < -0.4 is 5.19 Å². The topological polar surface area (TPSA) is 0 Å². The van der Waals surface area contributed by atoms with Crippen LogP contribution in [0.1, 0.15) is 41.5 Å². The molecule has 0 bridgehead atoms. The van der Waals surface area contributed by atoms with Crippen LogP contribution in [0.25, 0.3) is 32.3 Å². The summed E-state index contributed by atoms with van der Waals surface area (Å²) in [7, 11) is -1.71. The Morgan fingerprint density at radius 3 is 1.50 bits per heavy atom. The molecular weight excluding hydrogens is 352 g/mol. The molecule has 0 fully saturated rings. The fraction of sp³-hybridized carbons (Fsp3) is 0.333. The molecule has 0 amide bonds. The second-order valence-electron chi connectivity index (χ2n) is 9.32. The van der Waals surface area contributed by atoms with Crippen molar-refractivity contribution in [3.63, 3.8) is 0 Å². The highest BCUT2D eigenvalue weighted by molar-refractivity contribution is 6.96. The van der Waals surface area contributed by atoms with Crippen LogP contribution in [0.3, 0.4) is 0 Å². The van der Waals surface area contributed by atoms with E-state index in [0.717, 1.165) is 0 Å². The summed E-state index contributed by atoms with van der Waals surface area (Å²) in [6, 6.07) is 25.3. The zero-order valence-electron chi connectivity index (χ0n) is 18.1. The van der Waals surface area contributed by atoms with E-state index in [1.807, 2.05) is 0 Å². The number of benzene rings is 4. The Hall–Kier alpha value is -2.12. The van der Waals surface area contributed by atoms with Gasteiger partial charge in [-0.2, -0.15) is 0 Å². The summed E-state index contributed by atoms with van der Waals surface area (Å²) < 4.78 is 0. The van der Waals surface area contributed by atoms with Crippen LogP contribution >= 0.6 is 0 Å².